The van der Waals surface area contributed by atoms with Crippen LogP contribution in [0.4, 0.5) is 5.13 Å². The largest absolute Gasteiger partial charge is 0.298 e. The first-order valence-electron chi connectivity index (χ1n) is 8.59. The van der Waals surface area contributed by atoms with Crippen molar-refractivity contribution in [2.45, 2.75) is 26.2 Å². The van der Waals surface area contributed by atoms with Gasteiger partial charge in [-0.1, -0.05) is 44.2 Å². The monoisotopic (exact) mass is 377 g/mol. The van der Waals surface area contributed by atoms with Crippen molar-refractivity contribution < 1.29 is 4.79 Å². The Bertz CT molecular complexity index is 1090. The van der Waals surface area contributed by atoms with Gasteiger partial charge >= 0.3 is 0 Å². The maximum absolute atomic E-state index is 12.5. The minimum atomic E-state index is -0.176. The van der Waals surface area contributed by atoms with Gasteiger partial charge in [-0.25, -0.2) is 9.97 Å². The van der Waals surface area contributed by atoms with Crippen LogP contribution < -0.4 is 5.32 Å². The minimum Gasteiger partial charge on any atom is -0.298 e. The summed E-state index contributed by atoms with van der Waals surface area (Å²) in [5, 5.41) is 10.1. The van der Waals surface area contributed by atoms with E-state index in [1.54, 1.807) is 12.4 Å². The molecule has 3 aromatic heterocycles. The summed E-state index contributed by atoms with van der Waals surface area (Å²) in [6.07, 6.45) is 3.51. The van der Waals surface area contributed by atoms with E-state index in [1.807, 2.05) is 36.4 Å². The van der Waals surface area contributed by atoms with Gasteiger partial charge in [0.25, 0.3) is 5.91 Å². The number of fused-ring (bicyclic) bond motifs is 1. The molecule has 27 heavy (non-hydrogen) atoms. The van der Waals surface area contributed by atoms with Gasteiger partial charge in [-0.2, -0.15) is 5.10 Å². The van der Waals surface area contributed by atoms with Gasteiger partial charge in [0, 0.05) is 17.3 Å². The number of nitrogens with one attached hydrogen (secondary N) is 2. The van der Waals surface area contributed by atoms with Gasteiger partial charge in [0.05, 0.1) is 11.9 Å². The first-order valence-corrected chi connectivity index (χ1v) is 9.40. The van der Waals surface area contributed by atoms with Crippen LogP contribution in [0.1, 0.15) is 36.7 Å². The number of H-pyrrole nitrogens is 1. The summed E-state index contributed by atoms with van der Waals surface area (Å²) >= 11 is 1.35. The fourth-order valence-electron chi connectivity index (χ4n) is 2.71. The number of rotatable bonds is 3. The van der Waals surface area contributed by atoms with Gasteiger partial charge < -0.3 is 0 Å². The van der Waals surface area contributed by atoms with Crippen molar-refractivity contribution >= 4 is 32.7 Å². The van der Waals surface area contributed by atoms with E-state index in [1.165, 1.54) is 16.9 Å². The molecule has 1 aromatic carbocycles. The zero-order valence-electron chi connectivity index (χ0n) is 15.3. The molecule has 2 N–H and O–H groups in total. The Labute approximate surface area is 160 Å². The lowest BCUT2D eigenvalue weighted by Crippen LogP contribution is -2.14. The van der Waals surface area contributed by atoms with E-state index in [9.17, 15) is 4.79 Å². The SMILES string of the molecule is CC(C)(C)c1ccc(C(=O)Nc2nc3ccc(-c4cn[nH]c4)nc3s2)cc1. The molecule has 7 heteroatoms. The number of carbonyl (C=O) groups is 1. The summed E-state index contributed by atoms with van der Waals surface area (Å²) < 4.78 is 0. The fourth-order valence-corrected chi connectivity index (χ4v) is 3.55. The number of hydrogen-bond donors (Lipinski definition) is 2. The molecule has 0 bridgehead atoms. The number of carbonyl (C=O) groups excluding carboxylic acids is 1. The normalized spacial score (nSPS) is 11.7. The maximum Gasteiger partial charge on any atom is 0.257 e. The first kappa shape index (κ1) is 17.4. The number of benzene rings is 1. The Morgan fingerprint density at radius 2 is 1.85 bits per heavy atom. The Hall–Kier alpha value is -3.06. The number of nitrogens with zero attached hydrogens (tertiary/aromatic N) is 3. The van der Waals surface area contributed by atoms with Crippen LogP contribution in [-0.2, 0) is 5.41 Å². The molecule has 0 atom stereocenters. The molecule has 0 aliphatic rings. The summed E-state index contributed by atoms with van der Waals surface area (Å²) in [7, 11) is 0. The Morgan fingerprint density at radius 3 is 2.52 bits per heavy atom. The summed E-state index contributed by atoms with van der Waals surface area (Å²) in [6.45, 7) is 6.44. The van der Waals surface area contributed by atoms with Crippen LogP contribution in [0, 0.1) is 0 Å². The standard InChI is InChI=1S/C20H19N5OS/c1-20(2,3)14-6-4-12(5-7-14)17(26)25-19-24-16-9-8-15(23-18(16)27-19)13-10-21-22-11-13/h4-11H,1-3H3,(H,21,22)(H,24,25,26). The van der Waals surface area contributed by atoms with Crippen molar-refractivity contribution in [1.82, 2.24) is 20.2 Å². The maximum atomic E-state index is 12.5. The average Bonchev–Trinajstić information content (AvgIpc) is 3.29. The smallest absolute Gasteiger partial charge is 0.257 e. The highest BCUT2D eigenvalue weighted by atomic mass is 32.1. The van der Waals surface area contributed by atoms with Gasteiger partial charge in [0.2, 0.25) is 0 Å². The van der Waals surface area contributed by atoms with Crippen molar-refractivity contribution in [3.05, 3.63) is 59.9 Å². The molecule has 0 fully saturated rings. The molecule has 0 saturated carbocycles. The topological polar surface area (TPSA) is 83.6 Å². The number of thiazole rings is 1. The average molecular weight is 377 g/mol. The second-order valence-electron chi connectivity index (χ2n) is 7.31. The third-order valence-corrected chi connectivity index (χ3v) is 5.16. The van der Waals surface area contributed by atoms with Crippen LogP contribution in [0.25, 0.3) is 21.6 Å². The molecule has 0 aliphatic carbocycles. The molecule has 0 radical (unpaired) electrons. The van der Waals surface area contributed by atoms with Crippen molar-refractivity contribution in [2.24, 2.45) is 0 Å². The molecule has 0 spiro atoms. The summed E-state index contributed by atoms with van der Waals surface area (Å²) in [4.78, 5) is 22.4. The third-order valence-electron chi connectivity index (χ3n) is 4.28. The molecule has 3 heterocycles. The molecule has 0 unspecified atom stereocenters. The van der Waals surface area contributed by atoms with Gasteiger partial charge in [-0.05, 0) is 35.2 Å². The van der Waals surface area contributed by atoms with Crippen LogP contribution >= 0.6 is 11.3 Å². The number of hydrogen-bond acceptors (Lipinski definition) is 5. The van der Waals surface area contributed by atoms with E-state index >= 15 is 0 Å². The molecular weight excluding hydrogens is 358 g/mol. The Morgan fingerprint density at radius 1 is 1.07 bits per heavy atom. The Balaban J connectivity index is 1.55. The molecule has 0 saturated heterocycles. The van der Waals surface area contributed by atoms with Crippen LogP contribution in [0.5, 0.6) is 0 Å². The van der Waals surface area contributed by atoms with Crippen molar-refractivity contribution in [1.29, 1.82) is 0 Å². The summed E-state index contributed by atoms with van der Waals surface area (Å²) in [6, 6.07) is 11.5. The predicted octanol–water partition coefficient (Wildman–Crippen LogP) is 4.63. The van der Waals surface area contributed by atoms with E-state index in [0.717, 1.165) is 21.6 Å². The number of aromatic amines is 1. The highest BCUT2D eigenvalue weighted by Crippen LogP contribution is 2.28. The molecule has 4 rings (SSSR count). The lowest BCUT2D eigenvalue weighted by molar-refractivity contribution is 0.102. The second kappa shape index (κ2) is 6.59. The molecule has 1 amide bonds. The zero-order valence-corrected chi connectivity index (χ0v) is 16.1. The van der Waals surface area contributed by atoms with Crippen molar-refractivity contribution in [2.75, 3.05) is 5.32 Å². The predicted molar refractivity (Wildman–Crippen MR) is 108 cm³/mol. The van der Waals surface area contributed by atoms with Gasteiger partial charge in [-0.15, -0.1) is 0 Å². The van der Waals surface area contributed by atoms with E-state index < -0.39 is 0 Å². The number of aromatic nitrogens is 4. The van der Waals surface area contributed by atoms with Crippen molar-refractivity contribution in [3.63, 3.8) is 0 Å². The summed E-state index contributed by atoms with van der Waals surface area (Å²) in [5.74, 6) is -0.176. The number of anilines is 1. The van der Waals surface area contributed by atoms with Crippen LogP contribution in [0.2, 0.25) is 0 Å². The first-order chi connectivity index (χ1) is 12.9. The quantitative estimate of drug-likeness (QED) is 0.545. The molecule has 6 nitrogen and oxygen atoms in total. The Kier molecular flexibility index (Phi) is 4.24. The van der Waals surface area contributed by atoms with Crippen LogP contribution in [0.15, 0.2) is 48.8 Å². The third kappa shape index (κ3) is 3.59. The van der Waals surface area contributed by atoms with E-state index in [4.69, 9.17) is 0 Å². The van der Waals surface area contributed by atoms with Gasteiger partial charge in [0.1, 0.15) is 10.3 Å². The second-order valence-corrected chi connectivity index (χ2v) is 8.29. The molecular formula is C20H19N5OS. The number of pyridine rings is 1. The minimum absolute atomic E-state index is 0.0560. The zero-order chi connectivity index (χ0) is 19.0. The van der Waals surface area contributed by atoms with Gasteiger partial charge in [-0.3, -0.25) is 15.2 Å². The van der Waals surface area contributed by atoms with Crippen LogP contribution in [0.3, 0.4) is 0 Å². The van der Waals surface area contributed by atoms with Gasteiger partial charge in [0.15, 0.2) is 5.13 Å². The van der Waals surface area contributed by atoms with Crippen molar-refractivity contribution in [3.8, 4) is 11.3 Å². The highest BCUT2D eigenvalue weighted by Gasteiger charge is 2.15. The lowest BCUT2D eigenvalue weighted by atomic mass is 9.87. The van der Waals surface area contributed by atoms with Crippen LogP contribution in [-0.4, -0.2) is 26.1 Å². The molecule has 0 aliphatic heterocycles. The number of amides is 1. The fraction of sp³-hybridized carbons (Fsp3) is 0.200. The van der Waals surface area contributed by atoms with E-state index in [2.05, 4.69) is 46.3 Å². The molecule has 4 aromatic rings. The highest BCUT2D eigenvalue weighted by molar-refractivity contribution is 7.22. The molecule has 136 valence electrons. The van der Waals surface area contributed by atoms with E-state index in [-0.39, 0.29) is 11.3 Å². The van der Waals surface area contributed by atoms with E-state index in [0.29, 0.717) is 10.7 Å². The lowest BCUT2D eigenvalue weighted by Gasteiger charge is -2.18. The summed E-state index contributed by atoms with van der Waals surface area (Å²) in [5.41, 5.74) is 4.33.